The van der Waals surface area contributed by atoms with Gasteiger partial charge in [-0.3, -0.25) is 14.4 Å². The summed E-state index contributed by atoms with van der Waals surface area (Å²) >= 11 is 0. The van der Waals surface area contributed by atoms with Crippen LogP contribution in [0.4, 0.5) is 0 Å². The van der Waals surface area contributed by atoms with Crippen LogP contribution in [-0.4, -0.2) is 60.9 Å². The average molecular weight is 465 g/mol. The van der Waals surface area contributed by atoms with Gasteiger partial charge in [-0.15, -0.1) is 0 Å². The zero-order valence-electron chi connectivity index (χ0n) is 20.2. The van der Waals surface area contributed by atoms with Crippen molar-refractivity contribution in [3.63, 3.8) is 0 Å². The van der Waals surface area contributed by atoms with Gasteiger partial charge in [-0.1, -0.05) is 45.0 Å². The third kappa shape index (κ3) is 4.99. The molecule has 2 unspecified atom stereocenters. The number of ether oxygens (including phenoxy) is 2. The molecule has 180 valence electrons. The number of methoxy groups -OCH3 is 1. The summed E-state index contributed by atoms with van der Waals surface area (Å²) in [4.78, 5) is 40.7. The zero-order valence-corrected chi connectivity index (χ0v) is 20.2. The summed E-state index contributed by atoms with van der Waals surface area (Å²) < 4.78 is 10.8. The summed E-state index contributed by atoms with van der Waals surface area (Å²) in [5.74, 6) is 0.0488. The van der Waals surface area contributed by atoms with Crippen LogP contribution in [0.1, 0.15) is 48.7 Å². The Bertz CT molecular complexity index is 1060. The first-order valence-corrected chi connectivity index (χ1v) is 11.7. The van der Waals surface area contributed by atoms with Gasteiger partial charge in [-0.2, -0.15) is 0 Å². The lowest BCUT2D eigenvalue weighted by Gasteiger charge is -2.28. The average Bonchev–Trinajstić information content (AvgIpc) is 3.41. The Labute approximate surface area is 200 Å². The summed E-state index contributed by atoms with van der Waals surface area (Å²) in [5, 5.41) is 2.93. The van der Waals surface area contributed by atoms with E-state index < -0.39 is 12.1 Å². The van der Waals surface area contributed by atoms with Crippen molar-refractivity contribution in [2.24, 2.45) is 0 Å². The van der Waals surface area contributed by atoms with E-state index in [9.17, 15) is 14.4 Å². The molecule has 3 atom stereocenters. The maximum absolute atomic E-state index is 13.6. The van der Waals surface area contributed by atoms with Gasteiger partial charge in [0.2, 0.25) is 5.91 Å². The summed E-state index contributed by atoms with van der Waals surface area (Å²) in [6, 6.07) is 13.5. The van der Waals surface area contributed by atoms with E-state index in [-0.39, 0.29) is 35.7 Å². The van der Waals surface area contributed by atoms with Crippen molar-refractivity contribution < 1.29 is 23.9 Å². The van der Waals surface area contributed by atoms with Gasteiger partial charge < -0.3 is 19.7 Å². The van der Waals surface area contributed by atoms with E-state index in [0.717, 1.165) is 11.1 Å². The molecule has 2 aromatic rings. The third-order valence-corrected chi connectivity index (χ3v) is 6.61. The van der Waals surface area contributed by atoms with Crippen LogP contribution in [0.25, 0.3) is 0 Å². The summed E-state index contributed by atoms with van der Waals surface area (Å²) in [5.41, 5.74) is 2.47. The van der Waals surface area contributed by atoms with Gasteiger partial charge >= 0.3 is 0 Å². The number of fused-ring (bicyclic) bond motifs is 1. The fourth-order valence-electron chi connectivity index (χ4n) is 4.60. The molecule has 2 aliphatic heterocycles. The largest absolute Gasteiger partial charge is 0.497 e. The Kier molecular flexibility index (Phi) is 6.75. The lowest BCUT2D eigenvalue weighted by atomic mass is 9.86. The van der Waals surface area contributed by atoms with Crippen LogP contribution >= 0.6 is 0 Å². The lowest BCUT2D eigenvalue weighted by molar-refractivity contribution is -0.138. The van der Waals surface area contributed by atoms with Gasteiger partial charge in [0.1, 0.15) is 24.4 Å². The van der Waals surface area contributed by atoms with E-state index in [1.807, 2.05) is 36.4 Å². The number of hydrogen-bond acceptors (Lipinski definition) is 5. The van der Waals surface area contributed by atoms with E-state index in [1.165, 1.54) is 0 Å². The standard InChI is InChI=1S/C27H32N2O5/c1-27(2,3)19-9-7-18(8-10-19)25(31)28-21(15-17-5-11-20(33-4)12-6-17)26(32)29-14-13-23-24(29)22(30)16-34-23/h5-12,21,23-24H,13-16H2,1-4H3,(H,28,31)/t21-,23?,24?/m0/s1. The molecular weight excluding hydrogens is 432 g/mol. The molecule has 0 aliphatic carbocycles. The number of likely N-dealkylation sites (tertiary alicyclic amines) is 1. The number of carbonyl (C=O) groups is 3. The highest BCUT2D eigenvalue weighted by Gasteiger charge is 2.48. The van der Waals surface area contributed by atoms with Crippen LogP contribution in [0.15, 0.2) is 48.5 Å². The Morgan fingerprint density at radius 1 is 1.12 bits per heavy atom. The van der Waals surface area contributed by atoms with Crippen LogP contribution in [0.2, 0.25) is 0 Å². The fourth-order valence-corrected chi connectivity index (χ4v) is 4.60. The smallest absolute Gasteiger partial charge is 0.251 e. The first-order valence-electron chi connectivity index (χ1n) is 11.7. The van der Waals surface area contributed by atoms with Crippen molar-refractivity contribution in [2.75, 3.05) is 20.3 Å². The second-order valence-electron chi connectivity index (χ2n) is 9.99. The maximum atomic E-state index is 13.6. The normalized spacial score (nSPS) is 20.7. The highest BCUT2D eigenvalue weighted by atomic mass is 16.5. The van der Waals surface area contributed by atoms with Gasteiger partial charge in [-0.05, 0) is 47.2 Å². The molecule has 0 bridgehead atoms. The minimum absolute atomic E-state index is 0.0238. The van der Waals surface area contributed by atoms with Crippen molar-refractivity contribution >= 4 is 17.6 Å². The minimum Gasteiger partial charge on any atom is -0.497 e. The van der Waals surface area contributed by atoms with E-state index in [2.05, 4.69) is 26.1 Å². The summed E-state index contributed by atoms with van der Waals surface area (Å²) in [6.07, 6.45) is 0.677. The maximum Gasteiger partial charge on any atom is 0.251 e. The molecular formula is C27H32N2O5. The van der Waals surface area contributed by atoms with Gasteiger partial charge in [0.15, 0.2) is 5.78 Å². The van der Waals surface area contributed by atoms with Crippen molar-refractivity contribution in [1.29, 1.82) is 0 Å². The molecule has 2 amide bonds. The van der Waals surface area contributed by atoms with Crippen molar-refractivity contribution in [1.82, 2.24) is 10.2 Å². The Balaban J connectivity index is 1.56. The number of rotatable bonds is 6. The predicted molar refractivity (Wildman–Crippen MR) is 128 cm³/mol. The van der Waals surface area contributed by atoms with Crippen LogP contribution in [0.3, 0.4) is 0 Å². The van der Waals surface area contributed by atoms with Crippen LogP contribution < -0.4 is 10.1 Å². The first kappa shape index (κ1) is 24.0. The molecule has 0 radical (unpaired) electrons. The molecule has 2 saturated heterocycles. The monoisotopic (exact) mass is 464 g/mol. The van der Waals surface area contributed by atoms with Gasteiger partial charge in [-0.25, -0.2) is 0 Å². The number of ketones is 1. The molecule has 1 N–H and O–H groups in total. The topological polar surface area (TPSA) is 84.9 Å². The number of Topliss-reactive ketones (excluding diaryl/α,β-unsaturated/α-hetero) is 1. The summed E-state index contributed by atoms with van der Waals surface area (Å²) in [7, 11) is 1.59. The Hall–Kier alpha value is -3.19. The van der Waals surface area contributed by atoms with Crippen LogP contribution in [0, 0.1) is 0 Å². The minimum atomic E-state index is -0.810. The zero-order chi connectivity index (χ0) is 24.5. The molecule has 2 aliphatic rings. The first-order chi connectivity index (χ1) is 16.2. The highest BCUT2D eigenvalue weighted by molar-refractivity contribution is 5.99. The number of nitrogens with one attached hydrogen (secondary N) is 1. The quantitative estimate of drug-likeness (QED) is 0.711. The van der Waals surface area contributed by atoms with E-state index in [0.29, 0.717) is 30.7 Å². The van der Waals surface area contributed by atoms with Crippen LogP contribution in [0.5, 0.6) is 5.75 Å². The van der Waals surface area contributed by atoms with Gasteiger partial charge in [0.25, 0.3) is 5.91 Å². The fraction of sp³-hybridized carbons (Fsp3) is 0.444. The molecule has 2 aromatic carbocycles. The second-order valence-corrected chi connectivity index (χ2v) is 9.99. The SMILES string of the molecule is COc1ccc(C[C@H](NC(=O)c2ccc(C(C)(C)C)cc2)C(=O)N2CCC3OCC(=O)C32)cc1. The number of hydrogen-bond donors (Lipinski definition) is 1. The predicted octanol–water partition coefficient (Wildman–Crippen LogP) is 2.90. The second kappa shape index (κ2) is 9.58. The van der Waals surface area contributed by atoms with Crippen LogP contribution in [-0.2, 0) is 26.2 Å². The van der Waals surface area contributed by atoms with Crippen molar-refractivity contribution in [3.05, 3.63) is 65.2 Å². The molecule has 2 fully saturated rings. The van der Waals surface area contributed by atoms with Crippen molar-refractivity contribution in [2.45, 2.75) is 57.2 Å². The number of carbonyl (C=O) groups excluding carboxylic acids is 3. The van der Waals surface area contributed by atoms with E-state index in [1.54, 1.807) is 24.1 Å². The van der Waals surface area contributed by atoms with E-state index >= 15 is 0 Å². The van der Waals surface area contributed by atoms with Gasteiger partial charge in [0, 0.05) is 18.5 Å². The number of nitrogens with zero attached hydrogens (tertiary/aromatic N) is 1. The molecule has 4 rings (SSSR count). The number of amides is 2. The molecule has 0 aromatic heterocycles. The molecule has 0 saturated carbocycles. The highest BCUT2D eigenvalue weighted by Crippen LogP contribution is 2.28. The molecule has 34 heavy (non-hydrogen) atoms. The molecule has 7 heteroatoms. The summed E-state index contributed by atoms with van der Waals surface area (Å²) in [6.45, 7) is 6.82. The van der Waals surface area contributed by atoms with E-state index in [4.69, 9.17) is 9.47 Å². The van der Waals surface area contributed by atoms with Crippen molar-refractivity contribution in [3.8, 4) is 5.75 Å². The molecule has 0 spiro atoms. The lowest BCUT2D eigenvalue weighted by Crippen LogP contribution is -2.53. The molecule has 2 heterocycles. The molecule has 7 nitrogen and oxygen atoms in total. The Morgan fingerprint density at radius 3 is 2.41 bits per heavy atom. The Morgan fingerprint density at radius 2 is 1.79 bits per heavy atom. The van der Waals surface area contributed by atoms with Gasteiger partial charge in [0.05, 0.1) is 13.2 Å². The number of benzene rings is 2. The third-order valence-electron chi connectivity index (χ3n) is 6.61.